The molecule has 0 amide bonds. The Bertz CT molecular complexity index is 1230. The lowest BCUT2D eigenvalue weighted by atomic mass is 9.96. The maximum atomic E-state index is 6.20. The van der Waals surface area contributed by atoms with Crippen molar-refractivity contribution >= 4 is 33.7 Å². The van der Waals surface area contributed by atoms with Gasteiger partial charge in [0.25, 0.3) is 0 Å². The lowest BCUT2D eigenvalue weighted by Gasteiger charge is -2.33. The zero-order chi connectivity index (χ0) is 21.4. The first-order valence-corrected chi connectivity index (χ1v) is 10.5. The highest BCUT2D eigenvalue weighted by molar-refractivity contribution is 5.92. The molecular weight excluding hydrogens is 392 g/mol. The van der Waals surface area contributed by atoms with Gasteiger partial charge < -0.3 is 24.7 Å². The fourth-order valence-corrected chi connectivity index (χ4v) is 4.49. The molecule has 0 radical (unpaired) electrons. The van der Waals surface area contributed by atoms with Crippen molar-refractivity contribution in [3.63, 3.8) is 0 Å². The van der Waals surface area contributed by atoms with Crippen molar-refractivity contribution in [1.82, 2.24) is 19.5 Å². The van der Waals surface area contributed by atoms with E-state index in [9.17, 15) is 0 Å². The molecule has 2 aromatic heterocycles. The Morgan fingerprint density at radius 3 is 2.52 bits per heavy atom. The summed E-state index contributed by atoms with van der Waals surface area (Å²) in [7, 11) is 3.27. The average Bonchev–Trinajstić information content (AvgIpc) is 3.13. The summed E-state index contributed by atoms with van der Waals surface area (Å²) >= 11 is 0. The molecule has 1 saturated heterocycles. The van der Waals surface area contributed by atoms with E-state index in [1.54, 1.807) is 20.5 Å². The Kier molecular flexibility index (Phi) is 4.97. The van der Waals surface area contributed by atoms with E-state index in [4.69, 9.17) is 15.2 Å². The Morgan fingerprint density at radius 1 is 1.00 bits per heavy atom. The van der Waals surface area contributed by atoms with E-state index in [0.29, 0.717) is 23.4 Å². The molecular formula is C23H26N6O2. The van der Waals surface area contributed by atoms with Crippen LogP contribution in [0.2, 0.25) is 0 Å². The average molecular weight is 419 g/mol. The smallest absolute Gasteiger partial charge is 0.201 e. The van der Waals surface area contributed by atoms with Gasteiger partial charge in [-0.05, 0) is 37.0 Å². The SMILES string of the molecule is COc1cc2ncnc(N3CCC(Cn4c(N)nc5ccccc54)CC3)c2cc1OC. The minimum absolute atomic E-state index is 0.541. The quantitative estimate of drug-likeness (QED) is 0.530. The molecule has 8 heteroatoms. The van der Waals surface area contributed by atoms with Crippen molar-refractivity contribution in [3.8, 4) is 11.5 Å². The van der Waals surface area contributed by atoms with Gasteiger partial charge in [-0.3, -0.25) is 0 Å². The number of fused-ring (bicyclic) bond motifs is 2. The standard InChI is InChI=1S/C23H26N6O2/c1-30-20-11-16-18(12-21(20)31-2)25-14-26-22(16)28-9-7-15(8-10-28)13-29-19-6-4-3-5-17(19)27-23(29)24/h3-6,11-12,14-15H,7-10,13H2,1-2H3,(H2,24,27). The summed E-state index contributed by atoms with van der Waals surface area (Å²) in [5.41, 5.74) is 9.11. The number of nitrogen functional groups attached to an aromatic ring is 1. The monoisotopic (exact) mass is 418 g/mol. The number of aromatic nitrogens is 4. The Balaban J connectivity index is 1.36. The van der Waals surface area contributed by atoms with Crippen LogP contribution >= 0.6 is 0 Å². The molecule has 0 atom stereocenters. The molecule has 8 nitrogen and oxygen atoms in total. The second-order valence-corrected chi connectivity index (χ2v) is 7.92. The molecule has 0 bridgehead atoms. The predicted molar refractivity (Wildman–Crippen MR) is 122 cm³/mol. The van der Waals surface area contributed by atoms with Crippen molar-refractivity contribution in [2.24, 2.45) is 5.92 Å². The largest absolute Gasteiger partial charge is 0.493 e. The van der Waals surface area contributed by atoms with E-state index in [1.807, 2.05) is 30.3 Å². The van der Waals surface area contributed by atoms with Crippen LogP contribution in [0, 0.1) is 5.92 Å². The number of piperidine rings is 1. The summed E-state index contributed by atoms with van der Waals surface area (Å²) < 4.78 is 13.1. The van der Waals surface area contributed by atoms with Crippen LogP contribution in [0.25, 0.3) is 21.9 Å². The number of methoxy groups -OCH3 is 2. The van der Waals surface area contributed by atoms with Crippen molar-refractivity contribution < 1.29 is 9.47 Å². The number of benzene rings is 2. The Morgan fingerprint density at radius 2 is 1.74 bits per heavy atom. The van der Waals surface area contributed by atoms with E-state index < -0.39 is 0 Å². The fraction of sp³-hybridized carbons (Fsp3) is 0.348. The fourth-order valence-electron chi connectivity index (χ4n) is 4.49. The zero-order valence-electron chi connectivity index (χ0n) is 17.8. The number of rotatable bonds is 5. The molecule has 1 aliphatic heterocycles. The van der Waals surface area contributed by atoms with Crippen LogP contribution < -0.4 is 20.1 Å². The van der Waals surface area contributed by atoms with Crippen LogP contribution in [0.3, 0.4) is 0 Å². The van der Waals surface area contributed by atoms with Crippen LogP contribution in [0.5, 0.6) is 11.5 Å². The van der Waals surface area contributed by atoms with Crippen molar-refractivity contribution in [3.05, 3.63) is 42.7 Å². The first-order valence-electron chi connectivity index (χ1n) is 10.5. The predicted octanol–water partition coefficient (Wildman–Crippen LogP) is 3.50. The maximum Gasteiger partial charge on any atom is 0.201 e. The molecule has 0 spiro atoms. The molecule has 3 heterocycles. The van der Waals surface area contributed by atoms with E-state index in [2.05, 4.69) is 30.5 Å². The first kappa shape index (κ1) is 19.4. The molecule has 1 aliphatic rings. The minimum atomic E-state index is 0.541. The molecule has 5 rings (SSSR count). The maximum absolute atomic E-state index is 6.20. The van der Waals surface area contributed by atoms with Gasteiger partial charge in [-0.2, -0.15) is 0 Å². The Hall–Kier alpha value is -3.55. The summed E-state index contributed by atoms with van der Waals surface area (Å²) in [6.07, 6.45) is 3.74. The third-order valence-electron chi connectivity index (χ3n) is 6.16. The first-order chi connectivity index (χ1) is 15.2. The highest BCUT2D eigenvalue weighted by Gasteiger charge is 2.24. The van der Waals surface area contributed by atoms with Gasteiger partial charge in [0.05, 0.1) is 30.8 Å². The molecule has 31 heavy (non-hydrogen) atoms. The van der Waals surface area contributed by atoms with Crippen molar-refractivity contribution in [2.45, 2.75) is 19.4 Å². The van der Waals surface area contributed by atoms with Gasteiger partial charge in [-0.25, -0.2) is 15.0 Å². The van der Waals surface area contributed by atoms with Crippen LogP contribution in [0.1, 0.15) is 12.8 Å². The third-order valence-corrected chi connectivity index (χ3v) is 6.16. The van der Waals surface area contributed by atoms with E-state index in [0.717, 1.165) is 60.2 Å². The number of imidazole rings is 1. The van der Waals surface area contributed by atoms with Gasteiger partial charge in [-0.15, -0.1) is 0 Å². The van der Waals surface area contributed by atoms with Gasteiger partial charge in [0, 0.05) is 31.1 Å². The van der Waals surface area contributed by atoms with E-state index in [-0.39, 0.29) is 0 Å². The van der Waals surface area contributed by atoms with E-state index >= 15 is 0 Å². The van der Waals surface area contributed by atoms with Crippen molar-refractivity contribution in [1.29, 1.82) is 0 Å². The highest BCUT2D eigenvalue weighted by Crippen LogP contribution is 2.36. The van der Waals surface area contributed by atoms with Crippen LogP contribution in [-0.2, 0) is 6.54 Å². The van der Waals surface area contributed by atoms with Crippen LogP contribution in [-0.4, -0.2) is 46.8 Å². The summed E-state index contributed by atoms with van der Waals surface area (Å²) in [6.45, 7) is 2.74. The second kappa shape index (κ2) is 7.94. The molecule has 1 fully saturated rings. The third kappa shape index (κ3) is 3.48. The second-order valence-electron chi connectivity index (χ2n) is 7.92. The Labute approximate surface area is 180 Å². The normalized spacial score (nSPS) is 15.0. The van der Waals surface area contributed by atoms with Gasteiger partial charge in [0.15, 0.2) is 11.5 Å². The summed E-state index contributed by atoms with van der Waals surface area (Å²) in [6, 6.07) is 12.0. The minimum Gasteiger partial charge on any atom is -0.493 e. The van der Waals surface area contributed by atoms with E-state index in [1.165, 1.54) is 0 Å². The van der Waals surface area contributed by atoms with Crippen LogP contribution in [0.15, 0.2) is 42.7 Å². The number of para-hydroxylation sites is 2. The van der Waals surface area contributed by atoms with Gasteiger partial charge in [0.2, 0.25) is 5.95 Å². The lowest BCUT2D eigenvalue weighted by molar-refractivity contribution is 0.355. The summed E-state index contributed by atoms with van der Waals surface area (Å²) in [4.78, 5) is 15.9. The summed E-state index contributed by atoms with van der Waals surface area (Å²) in [5, 5.41) is 0.975. The van der Waals surface area contributed by atoms with Gasteiger partial charge in [-0.1, -0.05) is 12.1 Å². The summed E-state index contributed by atoms with van der Waals surface area (Å²) in [5.74, 6) is 3.43. The molecule has 0 unspecified atom stereocenters. The van der Waals surface area contributed by atoms with Gasteiger partial charge in [0.1, 0.15) is 12.1 Å². The number of nitrogens with two attached hydrogens (primary N) is 1. The van der Waals surface area contributed by atoms with Crippen LogP contribution in [0.4, 0.5) is 11.8 Å². The lowest BCUT2D eigenvalue weighted by Crippen LogP contribution is -2.35. The molecule has 0 saturated carbocycles. The molecule has 2 aromatic carbocycles. The number of nitrogens with zero attached hydrogens (tertiary/aromatic N) is 5. The number of hydrogen-bond donors (Lipinski definition) is 1. The zero-order valence-corrected chi connectivity index (χ0v) is 17.8. The molecule has 160 valence electrons. The van der Waals surface area contributed by atoms with Crippen molar-refractivity contribution in [2.75, 3.05) is 37.9 Å². The molecule has 2 N–H and O–H groups in total. The molecule has 0 aliphatic carbocycles. The highest BCUT2D eigenvalue weighted by atomic mass is 16.5. The van der Waals surface area contributed by atoms with Gasteiger partial charge >= 0.3 is 0 Å². The number of anilines is 2. The topological polar surface area (TPSA) is 91.3 Å². The molecule has 4 aromatic rings. The number of hydrogen-bond acceptors (Lipinski definition) is 7. The number of ether oxygens (including phenoxy) is 2.